The average molecular weight is 266 g/mol. The van der Waals surface area contributed by atoms with Gasteiger partial charge < -0.3 is 10.5 Å². The van der Waals surface area contributed by atoms with E-state index in [1.807, 2.05) is 24.3 Å². The number of rotatable bonds is 4. The maximum absolute atomic E-state index is 13.1. The predicted molar refractivity (Wildman–Crippen MR) is 70.1 cm³/mol. The van der Waals surface area contributed by atoms with Crippen LogP contribution in [0, 0.1) is 5.82 Å². The van der Waals surface area contributed by atoms with Gasteiger partial charge in [-0.3, -0.25) is 0 Å². The lowest BCUT2D eigenvalue weighted by molar-refractivity contribution is 0.305. The highest BCUT2D eigenvalue weighted by Crippen LogP contribution is 2.20. The van der Waals surface area contributed by atoms with Gasteiger partial charge in [-0.15, -0.1) is 0 Å². The molecule has 2 rings (SSSR count). The Morgan fingerprint density at radius 1 is 1.17 bits per heavy atom. The van der Waals surface area contributed by atoms with Crippen molar-refractivity contribution in [2.45, 2.75) is 13.2 Å². The van der Waals surface area contributed by atoms with E-state index in [-0.39, 0.29) is 12.4 Å². The van der Waals surface area contributed by atoms with E-state index in [2.05, 4.69) is 0 Å². The van der Waals surface area contributed by atoms with E-state index in [9.17, 15) is 4.39 Å². The molecule has 2 aromatic carbocycles. The third kappa shape index (κ3) is 3.22. The van der Waals surface area contributed by atoms with Crippen LogP contribution < -0.4 is 10.5 Å². The van der Waals surface area contributed by atoms with E-state index in [0.29, 0.717) is 22.9 Å². The van der Waals surface area contributed by atoms with Gasteiger partial charge in [0, 0.05) is 17.1 Å². The molecule has 0 spiro atoms. The minimum atomic E-state index is -0.325. The molecular weight excluding hydrogens is 253 g/mol. The summed E-state index contributed by atoms with van der Waals surface area (Å²) in [4.78, 5) is 0. The van der Waals surface area contributed by atoms with Crippen molar-refractivity contribution in [2.75, 3.05) is 0 Å². The molecule has 0 saturated carbocycles. The molecule has 0 saturated heterocycles. The Kier molecular flexibility index (Phi) is 4.18. The van der Waals surface area contributed by atoms with Gasteiger partial charge in [0.1, 0.15) is 18.2 Å². The van der Waals surface area contributed by atoms with Gasteiger partial charge in [0.05, 0.1) is 0 Å². The second-order valence-corrected chi connectivity index (χ2v) is 4.28. The zero-order valence-corrected chi connectivity index (χ0v) is 10.5. The standard InChI is InChI=1S/C14H13ClFNO/c15-14-5-4-12(16)7-11(14)9-18-13-3-1-2-10(6-13)8-17/h1-7H,8-9,17H2. The van der Waals surface area contributed by atoms with Crippen molar-refractivity contribution < 1.29 is 9.13 Å². The second-order valence-electron chi connectivity index (χ2n) is 3.88. The Morgan fingerprint density at radius 3 is 2.78 bits per heavy atom. The lowest BCUT2D eigenvalue weighted by atomic mass is 10.2. The molecule has 0 aliphatic carbocycles. The minimum absolute atomic E-state index is 0.227. The molecule has 0 fully saturated rings. The lowest BCUT2D eigenvalue weighted by Gasteiger charge is -2.09. The van der Waals surface area contributed by atoms with Gasteiger partial charge >= 0.3 is 0 Å². The van der Waals surface area contributed by atoms with E-state index in [0.717, 1.165) is 5.56 Å². The van der Waals surface area contributed by atoms with E-state index in [1.165, 1.54) is 18.2 Å². The molecule has 0 amide bonds. The van der Waals surface area contributed by atoms with Gasteiger partial charge in [0.2, 0.25) is 0 Å². The topological polar surface area (TPSA) is 35.2 Å². The lowest BCUT2D eigenvalue weighted by Crippen LogP contribution is -1.99. The van der Waals surface area contributed by atoms with Crippen LogP contribution in [0.5, 0.6) is 5.75 Å². The Morgan fingerprint density at radius 2 is 2.00 bits per heavy atom. The highest BCUT2D eigenvalue weighted by molar-refractivity contribution is 6.31. The first-order chi connectivity index (χ1) is 8.69. The van der Waals surface area contributed by atoms with E-state index >= 15 is 0 Å². The summed E-state index contributed by atoms with van der Waals surface area (Å²) < 4.78 is 18.6. The molecule has 18 heavy (non-hydrogen) atoms. The largest absolute Gasteiger partial charge is 0.489 e. The number of nitrogens with two attached hydrogens (primary N) is 1. The molecule has 2 aromatic rings. The quantitative estimate of drug-likeness (QED) is 0.918. The molecule has 0 aliphatic rings. The van der Waals surface area contributed by atoms with Crippen molar-refractivity contribution in [3.05, 3.63) is 64.4 Å². The SMILES string of the molecule is NCc1cccc(OCc2cc(F)ccc2Cl)c1. The zero-order chi connectivity index (χ0) is 13.0. The van der Waals surface area contributed by atoms with E-state index in [4.69, 9.17) is 22.1 Å². The van der Waals surface area contributed by atoms with Crippen molar-refractivity contribution in [3.63, 3.8) is 0 Å². The molecule has 0 bridgehead atoms. The van der Waals surface area contributed by atoms with Crippen LogP contribution in [0.4, 0.5) is 4.39 Å². The van der Waals surface area contributed by atoms with Crippen LogP contribution in [0.15, 0.2) is 42.5 Å². The first-order valence-corrected chi connectivity index (χ1v) is 5.92. The zero-order valence-electron chi connectivity index (χ0n) is 9.70. The highest BCUT2D eigenvalue weighted by Gasteiger charge is 2.03. The van der Waals surface area contributed by atoms with E-state index in [1.54, 1.807) is 0 Å². The number of hydrogen-bond donors (Lipinski definition) is 1. The van der Waals surface area contributed by atoms with Crippen LogP contribution in [-0.2, 0) is 13.2 Å². The van der Waals surface area contributed by atoms with Crippen LogP contribution in [0.3, 0.4) is 0 Å². The second kappa shape index (κ2) is 5.85. The fourth-order valence-corrected chi connectivity index (χ4v) is 1.75. The number of benzene rings is 2. The number of ether oxygens (including phenoxy) is 1. The monoisotopic (exact) mass is 265 g/mol. The third-order valence-corrected chi connectivity index (χ3v) is 2.90. The van der Waals surface area contributed by atoms with Gasteiger partial charge in [0.25, 0.3) is 0 Å². The molecule has 0 unspecified atom stereocenters. The summed E-state index contributed by atoms with van der Waals surface area (Å²) >= 11 is 5.95. The van der Waals surface area contributed by atoms with E-state index < -0.39 is 0 Å². The molecule has 4 heteroatoms. The van der Waals surface area contributed by atoms with Crippen molar-refractivity contribution >= 4 is 11.6 Å². The third-order valence-electron chi connectivity index (χ3n) is 2.54. The summed E-state index contributed by atoms with van der Waals surface area (Å²) in [7, 11) is 0. The Hall–Kier alpha value is -1.58. The maximum Gasteiger partial charge on any atom is 0.123 e. The number of hydrogen-bond acceptors (Lipinski definition) is 2. The Balaban J connectivity index is 2.08. The van der Waals surface area contributed by atoms with Gasteiger partial charge in [-0.05, 0) is 35.9 Å². The molecule has 0 radical (unpaired) electrons. The van der Waals surface area contributed by atoms with Crippen LogP contribution in [0.25, 0.3) is 0 Å². The summed E-state index contributed by atoms with van der Waals surface area (Å²) in [6.45, 7) is 0.683. The van der Waals surface area contributed by atoms with Gasteiger partial charge in [-0.25, -0.2) is 4.39 Å². The van der Waals surface area contributed by atoms with Crippen LogP contribution in [0.2, 0.25) is 5.02 Å². The molecule has 0 heterocycles. The van der Waals surface area contributed by atoms with Crippen molar-refractivity contribution in [1.82, 2.24) is 0 Å². The van der Waals surface area contributed by atoms with Crippen LogP contribution >= 0.6 is 11.6 Å². The summed E-state index contributed by atoms with van der Waals surface area (Å²) in [6.07, 6.45) is 0. The van der Waals surface area contributed by atoms with Gasteiger partial charge in [0.15, 0.2) is 0 Å². The first kappa shape index (κ1) is 12.9. The average Bonchev–Trinajstić information content (AvgIpc) is 2.40. The summed E-state index contributed by atoms with van der Waals surface area (Å²) in [5, 5.41) is 0.492. The highest BCUT2D eigenvalue weighted by atomic mass is 35.5. The van der Waals surface area contributed by atoms with Crippen molar-refractivity contribution in [3.8, 4) is 5.75 Å². The fourth-order valence-electron chi connectivity index (χ4n) is 1.58. The van der Waals surface area contributed by atoms with Gasteiger partial charge in [-0.2, -0.15) is 0 Å². The molecule has 2 nitrogen and oxygen atoms in total. The molecule has 0 atom stereocenters. The molecule has 0 aliphatic heterocycles. The molecule has 94 valence electrons. The normalized spacial score (nSPS) is 10.4. The molecular formula is C14H13ClFNO. The van der Waals surface area contributed by atoms with Crippen LogP contribution in [-0.4, -0.2) is 0 Å². The smallest absolute Gasteiger partial charge is 0.123 e. The number of halogens is 2. The fraction of sp³-hybridized carbons (Fsp3) is 0.143. The maximum atomic E-state index is 13.1. The van der Waals surface area contributed by atoms with Crippen molar-refractivity contribution in [2.24, 2.45) is 5.73 Å². The first-order valence-electron chi connectivity index (χ1n) is 5.55. The summed E-state index contributed by atoms with van der Waals surface area (Å²) in [6, 6.07) is 11.7. The Bertz CT molecular complexity index is 545. The van der Waals surface area contributed by atoms with Crippen molar-refractivity contribution in [1.29, 1.82) is 0 Å². The van der Waals surface area contributed by atoms with Gasteiger partial charge in [-0.1, -0.05) is 23.7 Å². The Labute approximate surface area is 110 Å². The summed E-state index contributed by atoms with van der Waals surface area (Å²) in [5.74, 6) is 0.368. The molecule has 2 N–H and O–H groups in total. The van der Waals surface area contributed by atoms with Crippen LogP contribution in [0.1, 0.15) is 11.1 Å². The predicted octanol–water partition coefficient (Wildman–Crippen LogP) is 3.52. The molecule has 0 aromatic heterocycles. The summed E-state index contributed by atoms with van der Waals surface area (Å²) in [5.41, 5.74) is 7.15. The minimum Gasteiger partial charge on any atom is -0.489 e.